The monoisotopic (exact) mass is 297 g/mol. The van der Waals surface area contributed by atoms with E-state index in [1.807, 2.05) is 24.5 Å². The Bertz CT molecular complexity index is 564. The van der Waals surface area contributed by atoms with Crippen LogP contribution < -0.4 is 0 Å². The van der Waals surface area contributed by atoms with Gasteiger partial charge in [0.25, 0.3) is 0 Å². The highest BCUT2D eigenvalue weighted by atomic mass is 16.4. The van der Waals surface area contributed by atoms with Gasteiger partial charge in [0.2, 0.25) is 0 Å². The zero-order chi connectivity index (χ0) is 15.6. The second-order valence-corrected chi connectivity index (χ2v) is 5.66. The molecule has 1 N–H and O–H groups in total. The van der Waals surface area contributed by atoms with E-state index < -0.39 is 5.97 Å². The second kappa shape index (κ2) is 8.98. The van der Waals surface area contributed by atoms with Crippen molar-refractivity contribution in [1.29, 1.82) is 0 Å². The van der Waals surface area contributed by atoms with Crippen LogP contribution in [0.3, 0.4) is 0 Å². The van der Waals surface area contributed by atoms with Gasteiger partial charge in [0, 0.05) is 18.8 Å². The summed E-state index contributed by atoms with van der Waals surface area (Å²) in [6, 6.07) is 12.9. The molecule has 0 aliphatic carbocycles. The maximum absolute atomic E-state index is 10.4. The number of hydrogen-bond donors (Lipinski definition) is 1. The van der Waals surface area contributed by atoms with Crippen LogP contribution in [0.4, 0.5) is 0 Å². The van der Waals surface area contributed by atoms with Crippen molar-refractivity contribution in [2.45, 2.75) is 44.9 Å². The molecule has 0 saturated carbocycles. The number of aromatic nitrogens is 1. The molecule has 0 aliphatic rings. The van der Waals surface area contributed by atoms with Gasteiger partial charge < -0.3 is 5.11 Å². The quantitative estimate of drug-likeness (QED) is 0.704. The highest BCUT2D eigenvalue weighted by Gasteiger charge is 1.99. The Morgan fingerprint density at radius 3 is 2.09 bits per heavy atom. The third-order valence-corrected chi connectivity index (χ3v) is 3.79. The Morgan fingerprint density at radius 2 is 1.41 bits per heavy atom. The summed E-state index contributed by atoms with van der Waals surface area (Å²) in [4.78, 5) is 14.4. The average Bonchev–Trinajstić information content (AvgIpc) is 2.53. The van der Waals surface area contributed by atoms with Crippen molar-refractivity contribution in [2.24, 2.45) is 0 Å². The standard InChI is InChI=1S/C19H23NO2/c21-19(22)6-4-2-1-3-5-16-7-9-17(10-8-16)15-18-11-13-20-14-12-18/h7-14H,1-6,15H2,(H,21,22). The fraction of sp³-hybridized carbons (Fsp3) is 0.368. The van der Waals surface area contributed by atoms with Crippen molar-refractivity contribution in [3.05, 3.63) is 65.5 Å². The summed E-state index contributed by atoms with van der Waals surface area (Å²) in [5, 5.41) is 8.58. The van der Waals surface area contributed by atoms with Gasteiger partial charge in [0.15, 0.2) is 0 Å². The van der Waals surface area contributed by atoms with Gasteiger partial charge in [-0.15, -0.1) is 0 Å². The Balaban J connectivity index is 1.69. The minimum absolute atomic E-state index is 0.295. The molecule has 3 nitrogen and oxygen atoms in total. The van der Waals surface area contributed by atoms with Crippen LogP contribution in [0.15, 0.2) is 48.8 Å². The van der Waals surface area contributed by atoms with Crippen LogP contribution in [0.5, 0.6) is 0 Å². The molecule has 22 heavy (non-hydrogen) atoms. The van der Waals surface area contributed by atoms with Gasteiger partial charge in [0.05, 0.1) is 0 Å². The number of unbranched alkanes of at least 4 members (excludes halogenated alkanes) is 3. The van der Waals surface area contributed by atoms with E-state index >= 15 is 0 Å². The summed E-state index contributed by atoms with van der Waals surface area (Å²) < 4.78 is 0. The molecule has 0 amide bonds. The molecular formula is C19H23NO2. The molecule has 0 atom stereocenters. The van der Waals surface area contributed by atoms with E-state index in [0.29, 0.717) is 6.42 Å². The Labute approximate surface area is 132 Å². The number of aliphatic carboxylic acids is 1. The van der Waals surface area contributed by atoms with Gasteiger partial charge in [-0.05, 0) is 54.5 Å². The van der Waals surface area contributed by atoms with Crippen molar-refractivity contribution in [1.82, 2.24) is 4.98 Å². The smallest absolute Gasteiger partial charge is 0.303 e. The predicted octanol–water partition coefficient (Wildman–Crippen LogP) is 4.25. The highest BCUT2D eigenvalue weighted by molar-refractivity contribution is 5.66. The van der Waals surface area contributed by atoms with E-state index in [4.69, 9.17) is 5.11 Å². The van der Waals surface area contributed by atoms with Crippen LogP contribution in [0.25, 0.3) is 0 Å². The summed E-state index contributed by atoms with van der Waals surface area (Å²) in [7, 11) is 0. The number of carboxylic acids is 1. The number of benzene rings is 1. The van der Waals surface area contributed by atoms with Crippen LogP contribution in [-0.4, -0.2) is 16.1 Å². The van der Waals surface area contributed by atoms with Crippen LogP contribution in [0.2, 0.25) is 0 Å². The zero-order valence-corrected chi connectivity index (χ0v) is 12.9. The lowest BCUT2D eigenvalue weighted by atomic mass is 10.0. The summed E-state index contributed by atoms with van der Waals surface area (Å²) in [6.45, 7) is 0. The molecule has 2 rings (SSSR count). The Morgan fingerprint density at radius 1 is 0.818 bits per heavy atom. The summed E-state index contributed by atoms with van der Waals surface area (Å²) >= 11 is 0. The summed E-state index contributed by atoms with van der Waals surface area (Å²) in [5.74, 6) is -0.690. The van der Waals surface area contributed by atoms with Crippen molar-refractivity contribution in [3.63, 3.8) is 0 Å². The fourth-order valence-electron chi connectivity index (χ4n) is 2.52. The van der Waals surface area contributed by atoms with Crippen molar-refractivity contribution >= 4 is 5.97 Å². The SMILES string of the molecule is O=C(O)CCCCCCc1ccc(Cc2ccncc2)cc1. The molecule has 0 unspecified atom stereocenters. The molecule has 1 aromatic heterocycles. The molecule has 116 valence electrons. The largest absolute Gasteiger partial charge is 0.481 e. The maximum atomic E-state index is 10.4. The number of nitrogens with zero attached hydrogens (tertiary/aromatic N) is 1. The fourth-order valence-corrected chi connectivity index (χ4v) is 2.52. The summed E-state index contributed by atoms with van der Waals surface area (Å²) in [6.07, 6.45) is 9.99. The molecule has 2 aromatic rings. The van der Waals surface area contributed by atoms with E-state index in [2.05, 4.69) is 29.2 Å². The van der Waals surface area contributed by atoms with Gasteiger partial charge in [-0.1, -0.05) is 37.1 Å². The normalized spacial score (nSPS) is 10.5. The predicted molar refractivity (Wildman–Crippen MR) is 87.9 cm³/mol. The number of hydrogen-bond acceptors (Lipinski definition) is 2. The molecule has 0 radical (unpaired) electrons. The second-order valence-electron chi connectivity index (χ2n) is 5.66. The minimum Gasteiger partial charge on any atom is -0.481 e. The third-order valence-electron chi connectivity index (χ3n) is 3.79. The molecule has 0 spiro atoms. The average molecular weight is 297 g/mol. The summed E-state index contributed by atoms with van der Waals surface area (Å²) in [5.41, 5.74) is 3.95. The number of carboxylic acid groups (broad SMARTS) is 1. The number of rotatable bonds is 9. The van der Waals surface area contributed by atoms with Crippen LogP contribution in [0, 0.1) is 0 Å². The minimum atomic E-state index is -0.690. The van der Waals surface area contributed by atoms with Gasteiger partial charge >= 0.3 is 5.97 Å². The lowest BCUT2D eigenvalue weighted by Crippen LogP contribution is -1.94. The van der Waals surface area contributed by atoms with E-state index in [1.54, 1.807) is 0 Å². The molecule has 0 fully saturated rings. The Kier molecular flexibility index (Phi) is 6.62. The topological polar surface area (TPSA) is 50.2 Å². The van der Waals surface area contributed by atoms with E-state index in [-0.39, 0.29) is 0 Å². The van der Waals surface area contributed by atoms with Gasteiger partial charge in [0.1, 0.15) is 0 Å². The van der Waals surface area contributed by atoms with E-state index in [9.17, 15) is 4.79 Å². The van der Waals surface area contributed by atoms with Crippen molar-refractivity contribution in [2.75, 3.05) is 0 Å². The first-order valence-corrected chi connectivity index (χ1v) is 7.92. The lowest BCUT2D eigenvalue weighted by molar-refractivity contribution is -0.137. The molecule has 1 heterocycles. The Hall–Kier alpha value is -2.16. The molecule has 0 saturated heterocycles. The van der Waals surface area contributed by atoms with Gasteiger partial charge in [-0.25, -0.2) is 0 Å². The van der Waals surface area contributed by atoms with E-state index in [0.717, 1.165) is 38.5 Å². The van der Waals surface area contributed by atoms with Crippen molar-refractivity contribution < 1.29 is 9.90 Å². The molecule has 1 aromatic carbocycles. The first-order chi connectivity index (χ1) is 10.7. The van der Waals surface area contributed by atoms with Gasteiger partial charge in [-0.3, -0.25) is 9.78 Å². The number of pyridine rings is 1. The maximum Gasteiger partial charge on any atom is 0.303 e. The van der Waals surface area contributed by atoms with Gasteiger partial charge in [-0.2, -0.15) is 0 Å². The third kappa shape index (κ3) is 6.08. The van der Waals surface area contributed by atoms with E-state index in [1.165, 1.54) is 16.7 Å². The highest BCUT2D eigenvalue weighted by Crippen LogP contribution is 2.13. The number of aryl methyl sites for hydroxylation is 1. The molecular weight excluding hydrogens is 274 g/mol. The van der Waals surface area contributed by atoms with Crippen molar-refractivity contribution in [3.8, 4) is 0 Å². The first kappa shape index (κ1) is 16.2. The first-order valence-electron chi connectivity index (χ1n) is 7.92. The molecule has 0 bridgehead atoms. The van der Waals surface area contributed by atoms with Crippen LogP contribution in [0.1, 0.15) is 48.8 Å². The zero-order valence-electron chi connectivity index (χ0n) is 12.9. The molecule has 0 aliphatic heterocycles. The lowest BCUT2D eigenvalue weighted by Gasteiger charge is -2.05. The van der Waals surface area contributed by atoms with Crippen LogP contribution >= 0.6 is 0 Å². The molecule has 3 heteroatoms. The number of carbonyl (C=O) groups is 1. The van der Waals surface area contributed by atoms with Crippen LogP contribution in [-0.2, 0) is 17.6 Å².